The van der Waals surface area contributed by atoms with Gasteiger partial charge < -0.3 is 10.7 Å². The monoisotopic (exact) mass is 266 g/mol. The molecule has 0 aromatic heterocycles. The van der Waals surface area contributed by atoms with Gasteiger partial charge in [0.25, 0.3) is 5.91 Å². The second-order valence-electron chi connectivity index (χ2n) is 4.34. The molecule has 0 heterocycles. The normalized spacial score (nSPS) is 9.65. The van der Waals surface area contributed by atoms with E-state index in [0.29, 0.717) is 22.5 Å². The number of nitrogens with zero attached hydrogens (tertiary/aromatic N) is 1. The van der Waals surface area contributed by atoms with Gasteiger partial charge in [0, 0.05) is 5.69 Å². The first kappa shape index (κ1) is 13.6. The highest BCUT2D eigenvalue weighted by Crippen LogP contribution is 2.18. The maximum absolute atomic E-state index is 12.2. The maximum Gasteiger partial charge on any atom is 0.257 e. The van der Waals surface area contributed by atoms with Crippen LogP contribution >= 0.6 is 0 Å². The number of carbonyl (C=O) groups is 1. The number of nitrogen functional groups attached to an aromatic ring is 1. The summed E-state index contributed by atoms with van der Waals surface area (Å²) in [4.78, 5) is 12.2. The first-order chi connectivity index (χ1) is 9.63. The average Bonchev–Trinajstić information content (AvgIpc) is 2.47. The molecule has 0 fully saturated rings. The number of hydrogen-bond acceptors (Lipinski definition) is 4. The van der Waals surface area contributed by atoms with Crippen LogP contribution in [0.3, 0.4) is 0 Å². The third-order valence-electron chi connectivity index (χ3n) is 2.85. The lowest BCUT2D eigenvalue weighted by Gasteiger charge is -2.10. The number of nitrogens with two attached hydrogens (primary N) is 1. The minimum atomic E-state index is -0.261. The molecule has 0 aliphatic carbocycles. The Morgan fingerprint density at radius 2 is 1.90 bits per heavy atom. The summed E-state index contributed by atoms with van der Waals surface area (Å²) >= 11 is 0. The molecule has 4 N–H and O–H groups in total. The molecule has 100 valence electrons. The molecule has 2 rings (SSSR count). The van der Waals surface area contributed by atoms with Crippen molar-refractivity contribution in [3.05, 3.63) is 59.2 Å². The summed E-state index contributed by atoms with van der Waals surface area (Å²) in [6, 6.07) is 14.0. The molecule has 2 aromatic rings. The lowest BCUT2D eigenvalue weighted by atomic mass is 10.1. The molecule has 20 heavy (non-hydrogen) atoms. The van der Waals surface area contributed by atoms with Crippen LogP contribution < -0.4 is 16.6 Å². The summed E-state index contributed by atoms with van der Waals surface area (Å²) in [6.07, 6.45) is 0. The van der Waals surface area contributed by atoms with Gasteiger partial charge in [-0.25, -0.2) is 0 Å². The van der Waals surface area contributed by atoms with Gasteiger partial charge in [0.05, 0.1) is 22.9 Å². The van der Waals surface area contributed by atoms with Crippen molar-refractivity contribution in [3.63, 3.8) is 0 Å². The Labute approximate surface area is 117 Å². The van der Waals surface area contributed by atoms with E-state index in [0.717, 1.165) is 5.56 Å². The number of aryl methyl sites for hydroxylation is 1. The van der Waals surface area contributed by atoms with Crippen LogP contribution in [0, 0.1) is 18.3 Å². The van der Waals surface area contributed by atoms with Gasteiger partial charge in [-0.2, -0.15) is 5.26 Å². The van der Waals surface area contributed by atoms with Gasteiger partial charge in [-0.3, -0.25) is 10.6 Å². The summed E-state index contributed by atoms with van der Waals surface area (Å²) in [5.74, 6) is 5.16. The average molecular weight is 266 g/mol. The van der Waals surface area contributed by atoms with Crippen molar-refractivity contribution < 1.29 is 4.79 Å². The van der Waals surface area contributed by atoms with E-state index in [-0.39, 0.29) is 5.91 Å². The van der Waals surface area contributed by atoms with Crippen molar-refractivity contribution >= 4 is 17.3 Å². The molecule has 0 aliphatic heterocycles. The Morgan fingerprint density at radius 3 is 2.50 bits per heavy atom. The molecule has 1 amide bonds. The van der Waals surface area contributed by atoms with E-state index in [4.69, 9.17) is 11.1 Å². The topological polar surface area (TPSA) is 90.9 Å². The smallest absolute Gasteiger partial charge is 0.257 e. The molecule has 0 aliphatic rings. The van der Waals surface area contributed by atoms with Gasteiger partial charge in [-0.05, 0) is 48.9 Å². The Morgan fingerprint density at radius 1 is 1.20 bits per heavy atom. The summed E-state index contributed by atoms with van der Waals surface area (Å²) < 4.78 is 0. The van der Waals surface area contributed by atoms with Crippen LogP contribution in [-0.4, -0.2) is 5.91 Å². The van der Waals surface area contributed by atoms with E-state index >= 15 is 0 Å². The molecule has 0 unspecified atom stereocenters. The summed E-state index contributed by atoms with van der Waals surface area (Å²) in [5, 5.41) is 11.5. The molecular weight excluding hydrogens is 252 g/mol. The standard InChI is InChI=1S/C15H14N4O/c1-10-2-7-13(14(8-10)19-17)15(20)18-12-5-3-11(9-16)4-6-12/h2-8,19H,17H2,1H3,(H,18,20). The van der Waals surface area contributed by atoms with Crippen LogP contribution in [-0.2, 0) is 0 Å². The zero-order valence-corrected chi connectivity index (χ0v) is 11.0. The largest absolute Gasteiger partial charge is 0.323 e. The zero-order valence-electron chi connectivity index (χ0n) is 11.0. The predicted molar refractivity (Wildman–Crippen MR) is 78.1 cm³/mol. The quantitative estimate of drug-likeness (QED) is 0.587. The van der Waals surface area contributed by atoms with E-state index in [1.165, 1.54) is 0 Å². The molecule has 0 radical (unpaired) electrons. The van der Waals surface area contributed by atoms with Gasteiger partial charge in [0.1, 0.15) is 0 Å². The second-order valence-corrected chi connectivity index (χ2v) is 4.34. The van der Waals surface area contributed by atoms with E-state index in [1.807, 2.05) is 19.1 Å². The lowest BCUT2D eigenvalue weighted by molar-refractivity contribution is 0.102. The highest BCUT2D eigenvalue weighted by molar-refractivity contribution is 6.08. The van der Waals surface area contributed by atoms with Gasteiger partial charge in [0.2, 0.25) is 0 Å². The molecule has 0 atom stereocenters. The van der Waals surface area contributed by atoms with Crippen LogP contribution in [0.15, 0.2) is 42.5 Å². The highest BCUT2D eigenvalue weighted by Gasteiger charge is 2.11. The Bertz CT molecular complexity index is 671. The van der Waals surface area contributed by atoms with Gasteiger partial charge in [0.15, 0.2) is 0 Å². The van der Waals surface area contributed by atoms with Crippen LogP contribution in [0.5, 0.6) is 0 Å². The highest BCUT2D eigenvalue weighted by atomic mass is 16.1. The first-order valence-corrected chi connectivity index (χ1v) is 6.03. The maximum atomic E-state index is 12.2. The summed E-state index contributed by atoms with van der Waals surface area (Å²) in [6.45, 7) is 1.92. The molecular formula is C15H14N4O. The summed E-state index contributed by atoms with van der Waals surface area (Å²) in [7, 11) is 0. The minimum absolute atomic E-state index is 0.261. The summed E-state index contributed by atoms with van der Waals surface area (Å²) in [5.41, 5.74) is 5.72. The van der Waals surface area contributed by atoms with E-state index in [1.54, 1.807) is 36.4 Å². The van der Waals surface area contributed by atoms with Crippen molar-refractivity contribution in [2.75, 3.05) is 10.7 Å². The molecule has 5 heteroatoms. The number of rotatable bonds is 3. The van der Waals surface area contributed by atoms with E-state index in [2.05, 4.69) is 10.7 Å². The molecule has 2 aromatic carbocycles. The van der Waals surface area contributed by atoms with Crippen molar-refractivity contribution in [3.8, 4) is 6.07 Å². The third kappa shape index (κ3) is 2.94. The number of hydrogen-bond donors (Lipinski definition) is 3. The fraction of sp³-hybridized carbons (Fsp3) is 0.0667. The van der Waals surface area contributed by atoms with Crippen molar-refractivity contribution in [2.24, 2.45) is 5.84 Å². The lowest BCUT2D eigenvalue weighted by Crippen LogP contribution is -2.17. The number of anilines is 2. The molecule has 5 nitrogen and oxygen atoms in total. The zero-order chi connectivity index (χ0) is 14.5. The van der Waals surface area contributed by atoms with Crippen molar-refractivity contribution in [1.29, 1.82) is 5.26 Å². The van der Waals surface area contributed by atoms with Crippen LogP contribution in [0.2, 0.25) is 0 Å². The van der Waals surface area contributed by atoms with Gasteiger partial charge in [-0.1, -0.05) is 6.07 Å². The molecule has 0 bridgehead atoms. The Hall–Kier alpha value is -2.84. The Kier molecular flexibility index (Phi) is 3.99. The van der Waals surface area contributed by atoms with Crippen molar-refractivity contribution in [2.45, 2.75) is 6.92 Å². The first-order valence-electron chi connectivity index (χ1n) is 6.03. The number of amides is 1. The SMILES string of the molecule is Cc1ccc(C(=O)Nc2ccc(C#N)cc2)c(NN)c1. The Balaban J connectivity index is 2.21. The van der Waals surface area contributed by atoms with Crippen LogP contribution in [0.1, 0.15) is 21.5 Å². The van der Waals surface area contributed by atoms with E-state index in [9.17, 15) is 4.79 Å². The predicted octanol–water partition coefficient (Wildman–Crippen LogP) is 2.40. The fourth-order valence-corrected chi connectivity index (χ4v) is 1.80. The number of carbonyl (C=O) groups excluding carboxylic acids is 1. The molecule has 0 saturated carbocycles. The molecule has 0 saturated heterocycles. The number of benzene rings is 2. The van der Waals surface area contributed by atoms with Crippen LogP contribution in [0.25, 0.3) is 0 Å². The fourth-order valence-electron chi connectivity index (χ4n) is 1.80. The van der Waals surface area contributed by atoms with Crippen molar-refractivity contribution in [1.82, 2.24) is 0 Å². The van der Waals surface area contributed by atoms with Crippen LogP contribution in [0.4, 0.5) is 11.4 Å². The second kappa shape index (κ2) is 5.87. The minimum Gasteiger partial charge on any atom is -0.323 e. The molecule has 0 spiro atoms. The third-order valence-corrected chi connectivity index (χ3v) is 2.85. The number of nitriles is 1. The number of hydrazine groups is 1. The van der Waals surface area contributed by atoms with Gasteiger partial charge in [-0.15, -0.1) is 0 Å². The van der Waals surface area contributed by atoms with Gasteiger partial charge >= 0.3 is 0 Å². The number of nitrogens with one attached hydrogen (secondary N) is 2. The van der Waals surface area contributed by atoms with E-state index < -0.39 is 0 Å².